The van der Waals surface area contributed by atoms with Crippen LogP contribution in [0.3, 0.4) is 0 Å². The van der Waals surface area contributed by atoms with Gasteiger partial charge in [0.05, 0.1) is 5.69 Å². The Morgan fingerprint density at radius 3 is 3.00 bits per heavy atom. The minimum atomic E-state index is -0.138. The second-order valence-electron chi connectivity index (χ2n) is 5.15. The second kappa shape index (κ2) is 5.03. The zero-order valence-electron chi connectivity index (χ0n) is 11.1. The van der Waals surface area contributed by atoms with Gasteiger partial charge in [-0.2, -0.15) is 0 Å². The third-order valence-electron chi connectivity index (χ3n) is 3.43. The maximum Gasteiger partial charge on any atom is 0.265 e. The summed E-state index contributed by atoms with van der Waals surface area (Å²) in [4.78, 5) is 25.2. The van der Waals surface area contributed by atoms with Gasteiger partial charge in [-0.1, -0.05) is 0 Å². The van der Waals surface area contributed by atoms with Crippen molar-refractivity contribution in [3.05, 3.63) is 18.2 Å². The summed E-state index contributed by atoms with van der Waals surface area (Å²) in [6.07, 6.45) is 2.42. The monoisotopic (exact) mass is 275 g/mol. The van der Waals surface area contributed by atoms with E-state index >= 15 is 0 Å². The van der Waals surface area contributed by atoms with Crippen molar-refractivity contribution in [2.24, 2.45) is 0 Å². The van der Waals surface area contributed by atoms with E-state index in [1.165, 1.54) is 0 Å². The molecule has 1 heterocycles. The predicted octanol–water partition coefficient (Wildman–Crippen LogP) is 0.663. The summed E-state index contributed by atoms with van der Waals surface area (Å²) in [6, 6.07) is 5.51. The Balaban J connectivity index is 1.68. The summed E-state index contributed by atoms with van der Waals surface area (Å²) in [5.41, 5.74) is 6.96. The molecule has 1 aromatic rings. The molecule has 1 fully saturated rings. The molecule has 0 radical (unpaired) electrons. The summed E-state index contributed by atoms with van der Waals surface area (Å²) >= 11 is 0. The molecule has 0 aromatic heterocycles. The molecule has 3 rings (SSSR count). The Morgan fingerprint density at radius 2 is 2.25 bits per heavy atom. The number of hydrogen-bond donors (Lipinski definition) is 2. The van der Waals surface area contributed by atoms with Crippen LogP contribution >= 0.6 is 0 Å². The highest BCUT2D eigenvalue weighted by Crippen LogP contribution is 2.33. The molecule has 1 aliphatic heterocycles. The van der Waals surface area contributed by atoms with Crippen molar-refractivity contribution >= 4 is 23.2 Å². The highest BCUT2D eigenvalue weighted by Gasteiger charge is 2.27. The van der Waals surface area contributed by atoms with Crippen LogP contribution in [0.4, 0.5) is 11.4 Å². The number of nitrogens with two attached hydrogens (primary N) is 1. The van der Waals surface area contributed by atoms with E-state index in [0.717, 1.165) is 12.8 Å². The lowest BCUT2D eigenvalue weighted by atomic mass is 10.2. The highest BCUT2D eigenvalue weighted by atomic mass is 16.5. The third-order valence-corrected chi connectivity index (χ3v) is 3.43. The molecule has 20 heavy (non-hydrogen) atoms. The van der Waals surface area contributed by atoms with Gasteiger partial charge in [0.2, 0.25) is 5.91 Å². The predicted molar refractivity (Wildman–Crippen MR) is 74.5 cm³/mol. The van der Waals surface area contributed by atoms with Gasteiger partial charge >= 0.3 is 0 Å². The average molecular weight is 275 g/mol. The van der Waals surface area contributed by atoms with Crippen molar-refractivity contribution in [3.63, 3.8) is 0 Å². The van der Waals surface area contributed by atoms with Crippen molar-refractivity contribution in [2.45, 2.75) is 25.3 Å². The zero-order valence-corrected chi connectivity index (χ0v) is 11.1. The first-order valence-electron chi connectivity index (χ1n) is 6.75. The number of amides is 2. The maximum atomic E-state index is 11.9. The van der Waals surface area contributed by atoms with Gasteiger partial charge in [-0.3, -0.25) is 9.59 Å². The van der Waals surface area contributed by atoms with E-state index in [2.05, 4.69) is 5.32 Å². The van der Waals surface area contributed by atoms with Crippen LogP contribution in [0, 0.1) is 0 Å². The Bertz CT molecular complexity index is 555. The molecule has 2 aliphatic rings. The van der Waals surface area contributed by atoms with Crippen molar-refractivity contribution in [2.75, 3.05) is 23.8 Å². The lowest BCUT2D eigenvalue weighted by Gasteiger charge is -2.29. The number of carbonyl (C=O) groups is 2. The van der Waals surface area contributed by atoms with Gasteiger partial charge in [0.1, 0.15) is 5.75 Å². The van der Waals surface area contributed by atoms with E-state index in [9.17, 15) is 9.59 Å². The van der Waals surface area contributed by atoms with Gasteiger partial charge in [-0.15, -0.1) is 0 Å². The molecule has 1 aromatic carbocycles. The molecule has 0 spiro atoms. The van der Waals surface area contributed by atoms with Crippen LogP contribution in [0.1, 0.15) is 19.3 Å². The van der Waals surface area contributed by atoms with Crippen LogP contribution in [0.2, 0.25) is 0 Å². The number of hydrogen-bond acceptors (Lipinski definition) is 4. The Morgan fingerprint density at radius 1 is 1.45 bits per heavy atom. The number of anilines is 2. The van der Waals surface area contributed by atoms with Gasteiger partial charge < -0.3 is 20.7 Å². The molecular weight excluding hydrogens is 258 g/mol. The molecule has 0 unspecified atom stereocenters. The van der Waals surface area contributed by atoms with Crippen LogP contribution in [0.5, 0.6) is 5.75 Å². The topological polar surface area (TPSA) is 84.7 Å². The molecular formula is C14H17N3O3. The van der Waals surface area contributed by atoms with Crippen LogP contribution in [0.15, 0.2) is 18.2 Å². The summed E-state index contributed by atoms with van der Waals surface area (Å²) in [5.74, 6) is 0.442. The fourth-order valence-corrected chi connectivity index (χ4v) is 2.21. The number of fused-ring (bicyclic) bond motifs is 1. The Labute approximate surface area is 116 Å². The zero-order chi connectivity index (χ0) is 14.1. The number of nitrogens with zero attached hydrogens (tertiary/aromatic N) is 1. The molecule has 2 amide bonds. The molecule has 1 aliphatic carbocycles. The minimum Gasteiger partial charge on any atom is -0.481 e. The molecule has 3 N–H and O–H groups in total. The van der Waals surface area contributed by atoms with Crippen molar-refractivity contribution in [1.29, 1.82) is 0 Å². The van der Waals surface area contributed by atoms with Crippen molar-refractivity contribution in [1.82, 2.24) is 5.32 Å². The van der Waals surface area contributed by atoms with Gasteiger partial charge in [0.25, 0.3) is 5.91 Å². The average Bonchev–Trinajstić information content (AvgIpc) is 3.21. The van der Waals surface area contributed by atoms with Crippen LogP contribution in [-0.4, -0.2) is 31.0 Å². The molecule has 0 saturated heterocycles. The van der Waals surface area contributed by atoms with Crippen molar-refractivity contribution < 1.29 is 14.3 Å². The Kier molecular flexibility index (Phi) is 3.22. The fraction of sp³-hybridized carbons (Fsp3) is 0.429. The quantitative estimate of drug-likeness (QED) is 0.791. The molecule has 1 saturated carbocycles. The summed E-state index contributed by atoms with van der Waals surface area (Å²) in [7, 11) is 0. The normalized spacial score (nSPS) is 17.4. The van der Waals surface area contributed by atoms with E-state index < -0.39 is 0 Å². The molecule has 106 valence electrons. The van der Waals surface area contributed by atoms with Crippen LogP contribution in [-0.2, 0) is 9.59 Å². The molecule has 0 bridgehead atoms. The first-order valence-corrected chi connectivity index (χ1v) is 6.75. The smallest absolute Gasteiger partial charge is 0.265 e. The standard InChI is InChI=1S/C14H17N3O3/c15-9-1-4-11-12(7-9)20-8-14(19)17(11)6-5-13(18)16-10-2-3-10/h1,4,7,10H,2-3,5-6,8,15H2,(H,16,18). The van der Waals surface area contributed by atoms with E-state index in [4.69, 9.17) is 10.5 Å². The van der Waals surface area contributed by atoms with E-state index in [1.54, 1.807) is 23.1 Å². The highest BCUT2D eigenvalue weighted by molar-refractivity contribution is 5.98. The third kappa shape index (κ3) is 2.68. The molecule has 0 atom stereocenters. The maximum absolute atomic E-state index is 11.9. The van der Waals surface area contributed by atoms with Crippen LogP contribution < -0.4 is 20.7 Å². The number of nitrogens with one attached hydrogen (secondary N) is 1. The van der Waals surface area contributed by atoms with Gasteiger partial charge in [0.15, 0.2) is 6.61 Å². The number of ether oxygens (including phenoxy) is 1. The lowest BCUT2D eigenvalue weighted by Crippen LogP contribution is -2.41. The number of nitrogen functional groups attached to an aromatic ring is 1. The second-order valence-corrected chi connectivity index (χ2v) is 5.15. The van der Waals surface area contributed by atoms with Gasteiger partial charge in [0, 0.05) is 30.8 Å². The molecule has 6 heteroatoms. The SMILES string of the molecule is Nc1ccc2c(c1)OCC(=O)N2CCC(=O)NC1CC1. The lowest BCUT2D eigenvalue weighted by molar-refractivity contribution is -0.122. The first-order chi connectivity index (χ1) is 9.63. The van der Waals surface area contributed by atoms with E-state index in [0.29, 0.717) is 36.1 Å². The summed E-state index contributed by atoms with van der Waals surface area (Å²) in [5, 5.41) is 2.91. The van der Waals surface area contributed by atoms with Gasteiger partial charge in [-0.25, -0.2) is 0 Å². The minimum absolute atomic E-state index is 0.0104. The van der Waals surface area contributed by atoms with Gasteiger partial charge in [-0.05, 0) is 25.0 Å². The summed E-state index contributed by atoms with van der Waals surface area (Å²) < 4.78 is 5.36. The Hall–Kier alpha value is -2.24. The fourth-order valence-electron chi connectivity index (χ4n) is 2.21. The van der Waals surface area contributed by atoms with E-state index in [1.807, 2.05) is 0 Å². The number of carbonyl (C=O) groups excluding carboxylic acids is 2. The summed E-state index contributed by atoms with van der Waals surface area (Å²) in [6.45, 7) is 0.346. The van der Waals surface area contributed by atoms with Crippen molar-refractivity contribution in [3.8, 4) is 5.75 Å². The number of benzene rings is 1. The van der Waals surface area contributed by atoms with E-state index in [-0.39, 0.29) is 18.4 Å². The first kappa shape index (κ1) is 12.8. The largest absolute Gasteiger partial charge is 0.481 e. The van der Waals surface area contributed by atoms with Crippen LogP contribution in [0.25, 0.3) is 0 Å². The number of rotatable bonds is 4. The molecule has 6 nitrogen and oxygen atoms in total.